The van der Waals surface area contributed by atoms with E-state index in [9.17, 15) is 18.0 Å². The minimum Gasteiger partial charge on any atom is -0.496 e. The van der Waals surface area contributed by atoms with Crippen LogP contribution in [0.5, 0.6) is 5.75 Å². The largest absolute Gasteiger partial charge is 0.496 e. The molecule has 9 nitrogen and oxygen atoms in total. The fourth-order valence-electron chi connectivity index (χ4n) is 3.21. The number of ether oxygens (including phenoxy) is 2. The highest BCUT2D eigenvalue weighted by Crippen LogP contribution is 2.26. The Hall–Kier alpha value is -2.66. The number of aryl methyl sites for hydroxylation is 1. The Balaban J connectivity index is 1.58. The number of carbonyl (C=O) groups excluding carboxylic acids is 2. The van der Waals surface area contributed by atoms with Crippen molar-refractivity contribution in [1.82, 2.24) is 14.9 Å². The van der Waals surface area contributed by atoms with Gasteiger partial charge in [0.25, 0.3) is 0 Å². The smallest absolute Gasteiger partial charge is 0.309 e. The van der Waals surface area contributed by atoms with Crippen LogP contribution in [0, 0.1) is 6.92 Å². The summed E-state index contributed by atoms with van der Waals surface area (Å²) < 4.78 is 37.9. The van der Waals surface area contributed by atoms with Gasteiger partial charge in [0.2, 0.25) is 10.0 Å². The van der Waals surface area contributed by atoms with Crippen LogP contribution in [-0.2, 0) is 30.9 Å². The molecule has 0 saturated carbocycles. The zero-order valence-electron chi connectivity index (χ0n) is 17.6. The van der Waals surface area contributed by atoms with E-state index in [1.54, 1.807) is 37.3 Å². The van der Waals surface area contributed by atoms with Crippen molar-refractivity contribution in [3.8, 4) is 5.75 Å². The summed E-state index contributed by atoms with van der Waals surface area (Å²) in [5.74, 6) is -1.14. The average Bonchev–Trinajstić information content (AvgIpc) is 3.26. The first-order valence-electron chi connectivity index (χ1n) is 9.81. The molecule has 32 heavy (non-hydrogen) atoms. The molecular weight excluding hydrogens is 458 g/mol. The number of sulfonamides is 1. The molecule has 0 aliphatic carbocycles. The van der Waals surface area contributed by atoms with Crippen LogP contribution in [0.2, 0.25) is 5.02 Å². The molecule has 2 aromatic carbocycles. The fraction of sp³-hybridized carbons (Fsp3) is 0.333. The van der Waals surface area contributed by atoms with Gasteiger partial charge in [-0.15, -0.1) is 0 Å². The van der Waals surface area contributed by atoms with E-state index in [0.717, 1.165) is 5.56 Å². The van der Waals surface area contributed by atoms with Crippen LogP contribution in [0.3, 0.4) is 0 Å². The van der Waals surface area contributed by atoms with E-state index in [0.29, 0.717) is 16.3 Å². The van der Waals surface area contributed by atoms with Crippen LogP contribution in [0.15, 0.2) is 47.4 Å². The van der Waals surface area contributed by atoms with Crippen LogP contribution in [0.4, 0.5) is 0 Å². The lowest BCUT2D eigenvalue weighted by molar-refractivity contribution is -0.139. The molecule has 0 aromatic heterocycles. The van der Waals surface area contributed by atoms with Gasteiger partial charge in [-0.05, 0) is 48.4 Å². The Morgan fingerprint density at radius 2 is 1.84 bits per heavy atom. The molecule has 1 fully saturated rings. The third-order valence-corrected chi connectivity index (χ3v) is 7.06. The van der Waals surface area contributed by atoms with Crippen LogP contribution < -0.4 is 15.4 Å². The number of hydrogen-bond acceptors (Lipinski definition) is 6. The summed E-state index contributed by atoms with van der Waals surface area (Å²) in [4.78, 5) is 24.3. The second-order valence-electron chi connectivity index (χ2n) is 7.09. The first-order valence-corrected chi connectivity index (χ1v) is 11.6. The molecule has 2 amide bonds. The number of amides is 2. The summed E-state index contributed by atoms with van der Waals surface area (Å²) in [6, 6.07) is 11.4. The number of carbonyl (C=O) groups is 2. The molecule has 2 aromatic rings. The predicted octanol–water partition coefficient (Wildman–Crippen LogP) is 1.44. The van der Waals surface area contributed by atoms with E-state index in [1.165, 1.54) is 23.5 Å². The van der Waals surface area contributed by atoms with Crippen molar-refractivity contribution in [3.05, 3.63) is 58.6 Å². The molecule has 1 heterocycles. The second-order valence-corrected chi connectivity index (χ2v) is 9.42. The summed E-state index contributed by atoms with van der Waals surface area (Å²) in [5.41, 5.74) is 1.46. The fourth-order valence-corrected chi connectivity index (χ4v) is 4.94. The lowest BCUT2D eigenvalue weighted by atomic mass is 10.2. The number of methoxy groups -OCH3 is 1. The third kappa shape index (κ3) is 5.57. The first kappa shape index (κ1) is 24.0. The number of halogens is 1. The highest BCUT2D eigenvalue weighted by molar-refractivity contribution is 7.89. The SMILES string of the molecule is COc1ccc(S(=O)(=O)N2CCO[C@H]2CNC(=O)C(=O)NCc2ccc(Cl)cc2)cc1C. The molecule has 0 bridgehead atoms. The molecule has 172 valence electrons. The monoisotopic (exact) mass is 481 g/mol. The molecule has 1 aliphatic heterocycles. The van der Waals surface area contributed by atoms with Crippen molar-refractivity contribution < 1.29 is 27.5 Å². The van der Waals surface area contributed by atoms with Gasteiger partial charge in [-0.3, -0.25) is 9.59 Å². The molecule has 1 aliphatic rings. The standard InChI is InChI=1S/C21H24ClN3O6S/c1-14-11-17(7-8-18(14)30-2)32(28,29)25-9-10-31-19(25)13-24-21(27)20(26)23-12-15-3-5-16(22)6-4-15/h3-8,11,19H,9-10,12-13H2,1-2H3,(H,23,26)(H,24,27)/t19-/m0/s1. The maximum Gasteiger partial charge on any atom is 0.309 e. The minimum absolute atomic E-state index is 0.0957. The number of nitrogens with zero attached hydrogens (tertiary/aromatic N) is 1. The van der Waals surface area contributed by atoms with E-state index in [2.05, 4.69) is 10.6 Å². The van der Waals surface area contributed by atoms with E-state index in [-0.39, 0.29) is 31.1 Å². The van der Waals surface area contributed by atoms with Crippen molar-refractivity contribution in [2.45, 2.75) is 24.6 Å². The summed E-state index contributed by atoms with van der Waals surface area (Å²) in [6.45, 7) is 2.05. The minimum atomic E-state index is -3.86. The van der Waals surface area contributed by atoms with Crippen LogP contribution in [0.25, 0.3) is 0 Å². The van der Waals surface area contributed by atoms with Gasteiger partial charge in [0.1, 0.15) is 12.0 Å². The van der Waals surface area contributed by atoms with Gasteiger partial charge in [0.05, 0.1) is 25.2 Å². The Morgan fingerprint density at radius 3 is 2.50 bits per heavy atom. The molecule has 11 heteroatoms. The number of nitrogens with one attached hydrogen (secondary N) is 2. The maximum absolute atomic E-state index is 13.1. The van der Waals surface area contributed by atoms with Crippen LogP contribution in [0.1, 0.15) is 11.1 Å². The average molecular weight is 482 g/mol. The Morgan fingerprint density at radius 1 is 1.16 bits per heavy atom. The summed E-state index contributed by atoms with van der Waals surface area (Å²) in [6.07, 6.45) is -0.921. The number of hydrogen-bond donors (Lipinski definition) is 2. The van der Waals surface area contributed by atoms with Gasteiger partial charge in [0, 0.05) is 18.1 Å². The Bertz CT molecular complexity index is 1090. The molecule has 2 N–H and O–H groups in total. The summed E-state index contributed by atoms with van der Waals surface area (Å²) >= 11 is 5.82. The second kappa shape index (κ2) is 10.3. The summed E-state index contributed by atoms with van der Waals surface area (Å²) in [7, 11) is -2.35. The molecular formula is C21H24ClN3O6S. The molecule has 0 radical (unpaired) electrons. The van der Waals surface area contributed by atoms with Crippen LogP contribution in [-0.4, -0.2) is 57.6 Å². The first-order chi connectivity index (χ1) is 15.2. The van der Waals surface area contributed by atoms with E-state index in [1.807, 2.05) is 0 Å². The maximum atomic E-state index is 13.1. The molecule has 1 saturated heterocycles. The van der Waals surface area contributed by atoms with Gasteiger partial charge < -0.3 is 20.1 Å². The molecule has 3 rings (SSSR count). The predicted molar refractivity (Wildman–Crippen MR) is 118 cm³/mol. The lowest BCUT2D eigenvalue weighted by Gasteiger charge is -2.23. The highest BCUT2D eigenvalue weighted by atomic mass is 35.5. The van der Waals surface area contributed by atoms with Crippen molar-refractivity contribution in [3.63, 3.8) is 0 Å². The van der Waals surface area contributed by atoms with Crippen molar-refractivity contribution in [1.29, 1.82) is 0 Å². The van der Waals surface area contributed by atoms with Gasteiger partial charge >= 0.3 is 11.8 Å². The van der Waals surface area contributed by atoms with Crippen LogP contribution >= 0.6 is 11.6 Å². The topological polar surface area (TPSA) is 114 Å². The highest BCUT2D eigenvalue weighted by Gasteiger charge is 2.37. The van der Waals surface area contributed by atoms with Gasteiger partial charge in [-0.25, -0.2) is 8.42 Å². The molecule has 0 unspecified atom stereocenters. The van der Waals surface area contributed by atoms with Crippen molar-refractivity contribution >= 4 is 33.4 Å². The van der Waals surface area contributed by atoms with E-state index < -0.39 is 28.1 Å². The van der Waals surface area contributed by atoms with Gasteiger partial charge in [0.15, 0.2) is 0 Å². The number of benzene rings is 2. The quantitative estimate of drug-likeness (QED) is 0.578. The Kier molecular flexibility index (Phi) is 7.73. The third-order valence-electron chi connectivity index (χ3n) is 4.93. The molecule has 1 atom stereocenters. The Labute approximate surface area is 191 Å². The van der Waals surface area contributed by atoms with Crippen molar-refractivity contribution in [2.24, 2.45) is 0 Å². The lowest BCUT2D eigenvalue weighted by Crippen LogP contribution is -2.47. The normalized spacial score (nSPS) is 16.5. The van der Waals surface area contributed by atoms with Gasteiger partial charge in [-0.2, -0.15) is 4.31 Å². The zero-order valence-corrected chi connectivity index (χ0v) is 19.2. The summed E-state index contributed by atoms with van der Waals surface area (Å²) in [5, 5.41) is 5.50. The van der Waals surface area contributed by atoms with E-state index in [4.69, 9.17) is 21.1 Å². The van der Waals surface area contributed by atoms with E-state index >= 15 is 0 Å². The van der Waals surface area contributed by atoms with Crippen molar-refractivity contribution in [2.75, 3.05) is 26.8 Å². The number of rotatable bonds is 7. The molecule has 0 spiro atoms. The zero-order chi connectivity index (χ0) is 23.3. The van der Waals surface area contributed by atoms with Gasteiger partial charge in [-0.1, -0.05) is 23.7 Å².